The van der Waals surface area contributed by atoms with Crippen LogP contribution < -0.4 is 10.6 Å². The van der Waals surface area contributed by atoms with Crippen LogP contribution in [-0.4, -0.2) is 16.9 Å². The fourth-order valence-corrected chi connectivity index (χ4v) is 2.33. The molecule has 0 aliphatic carbocycles. The van der Waals surface area contributed by atoms with Gasteiger partial charge in [-0.15, -0.1) is 0 Å². The van der Waals surface area contributed by atoms with Crippen LogP contribution >= 0.6 is 0 Å². The molecule has 0 unspecified atom stereocenters. The number of phenolic OH excluding ortho intramolecular Hbond substituents is 1. The van der Waals surface area contributed by atoms with Crippen molar-refractivity contribution in [2.75, 3.05) is 10.6 Å². The van der Waals surface area contributed by atoms with Crippen LogP contribution in [0.5, 0.6) is 5.75 Å². The maximum atomic E-state index is 13.6. The second-order valence-electron chi connectivity index (χ2n) is 5.66. The van der Waals surface area contributed by atoms with Gasteiger partial charge in [-0.3, -0.25) is 9.59 Å². The Hall–Kier alpha value is -3.74. The summed E-state index contributed by atoms with van der Waals surface area (Å²) in [5.74, 6) is -2.74. The molecule has 0 saturated heterocycles. The zero-order chi connectivity index (χ0) is 19.4. The largest absolute Gasteiger partial charge is 0.508 e. The average Bonchev–Trinajstić information content (AvgIpc) is 2.63. The van der Waals surface area contributed by atoms with Gasteiger partial charge < -0.3 is 15.7 Å². The maximum absolute atomic E-state index is 13.6. The molecule has 0 bridgehead atoms. The van der Waals surface area contributed by atoms with Crippen molar-refractivity contribution in [2.24, 2.45) is 0 Å². The Morgan fingerprint density at radius 1 is 0.741 bits per heavy atom. The summed E-state index contributed by atoms with van der Waals surface area (Å²) in [5, 5.41) is 14.4. The van der Waals surface area contributed by atoms with E-state index in [-0.39, 0.29) is 17.2 Å². The summed E-state index contributed by atoms with van der Waals surface area (Å²) in [4.78, 5) is 24.2. The van der Waals surface area contributed by atoms with Gasteiger partial charge in [-0.25, -0.2) is 8.78 Å². The first-order valence-corrected chi connectivity index (χ1v) is 7.89. The number of nitrogens with one attached hydrogen (secondary N) is 2. The lowest BCUT2D eigenvalue weighted by Gasteiger charge is -2.09. The van der Waals surface area contributed by atoms with E-state index >= 15 is 0 Å². The van der Waals surface area contributed by atoms with E-state index in [9.17, 15) is 23.5 Å². The number of anilines is 2. The number of aromatic hydroxyl groups is 1. The Kier molecular flexibility index (Phi) is 5.12. The van der Waals surface area contributed by atoms with Gasteiger partial charge in [-0.05, 0) is 60.7 Å². The van der Waals surface area contributed by atoms with Crippen molar-refractivity contribution in [1.29, 1.82) is 0 Å². The van der Waals surface area contributed by atoms with Crippen molar-refractivity contribution in [2.45, 2.75) is 0 Å². The molecule has 3 aromatic carbocycles. The van der Waals surface area contributed by atoms with Crippen LogP contribution in [0.4, 0.5) is 20.2 Å². The molecule has 5 nitrogen and oxygen atoms in total. The normalized spacial score (nSPS) is 10.3. The van der Waals surface area contributed by atoms with Gasteiger partial charge in [-0.2, -0.15) is 0 Å². The van der Waals surface area contributed by atoms with E-state index < -0.39 is 17.5 Å². The van der Waals surface area contributed by atoms with E-state index in [1.54, 1.807) is 12.1 Å². The number of hydrogen-bond acceptors (Lipinski definition) is 3. The highest BCUT2D eigenvalue weighted by Gasteiger charge is 2.13. The lowest BCUT2D eigenvalue weighted by molar-refractivity contribution is 0.101. The molecular weight excluding hydrogens is 354 g/mol. The summed E-state index contributed by atoms with van der Waals surface area (Å²) < 4.78 is 26.5. The van der Waals surface area contributed by atoms with Crippen molar-refractivity contribution in [3.8, 4) is 5.75 Å². The van der Waals surface area contributed by atoms with Gasteiger partial charge in [0.15, 0.2) is 0 Å². The molecule has 0 aliphatic heterocycles. The number of benzene rings is 3. The fraction of sp³-hybridized carbons (Fsp3) is 0. The highest BCUT2D eigenvalue weighted by Crippen LogP contribution is 2.18. The molecule has 0 fully saturated rings. The number of rotatable bonds is 4. The van der Waals surface area contributed by atoms with Crippen LogP contribution in [0.25, 0.3) is 0 Å². The SMILES string of the molecule is O=C(Nc1ccc(NC(=O)c2ccc(F)cc2F)cc1)c1ccc(O)cc1. The van der Waals surface area contributed by atoms with Gasteiger partial charge in [-0.1, -0.05) is 0 Å². The third kappa shape index (κ3) is 4.46. The first kappa shape index (κ1) is 18.1. The highest BCUT2D eigenvalue weighted by molar-refractivity contribution is 6.05. The lowest BCUT2D eigenvalue weighted by Crippen LogP contribution is -2.14. The number of hydrogen-bond donors (Lipinski definition) is 3. The third-order valence-corrected chi connectivity index (χ3v) is 3.71. The predicted octanol–water partition coefficient (Wildman–Crippen LogP) is 4.18. The number of carbonyl (C=O) groups is 2. The third-order valence-electron chi connectivity index (χ3n) is 3.71. The molecule has 0 aromatic heterocycles. The Bertz CT molecular complexity index is 987. The second kappa shape index (κ2) is 7.65. The van der Waals surface area contributed by atoms with E-state index in [0.29, 0.717) is 23.0 Å². The quantitative estimate of drug-likeness (QED) is 0.647. The summed E-state index contributed by atoms with van der Waals surface area (Å²) in [5.41, 5.74) is 0.962. The van der Waals surface area contributed by atoms with Crippen LogP contribution in [0.3, 0.4) is 0 Å². The zero-order valence-corrected chi connectivity index (χ0v) is 13.9. The molecule has 0 heterocycles. The van der Waals surface area contributed by atoms with Gasteiger partial charge in [0.2, 0.25) is 0 Å². The van der Waals surface area contributed by atoms with Gasteiger partial charge in [0.05, 0.1) is 5.56 Å². The molecule has 0 atom stereocenters. The maximum Gasteiger partial charge on any atom is 0.258 e. The Morgan fingerprint density at radius 2 is 1.30 bits per heavy atom. The van der Waals surface area contributed by atoms with Gasteiger partial charge in [0.25, 0.3) is 11.8 Å². The molecule has 0 aliphatic rings. The average molecular weight is 368 g/mol. The Morgan fingerprint density at radius 3 is 1.85 bits per heavy atom. The summed E-state index contributed by atoms with van der Waals surface area (Å²) in [6.07, 6.45) is 0. The molecule has 2 amide bonds. The molecule has 27 heavy (non-hydrogen) atoms. The number of halogens is 2. The minimum absolute atomic E-state index is 0.0595. The van der Waals surface area contributed by atoms with Crippen molar-refractivity contribution in [3.63, 3.8) is 0 Å². The molecule has 0 radical (unpaired) electrons. The zero-order valence-electron chi connectivity index (χ0n) is 13.9. The topological polar surface area (TPSA) is 78.4 Å². The lowest BCUT2D eigenvalue weighted by atomic mass is 10.2. The smallest absolute Gasteiger partial charge is 0.258 e. The number of phenols is 1. The van der Waals surface area contributed by atoms with E-state index in [0.717, 1.165) is 12.1 Å². The van der Waals surface area contributed by atoms with Gasteiger partial charge >= 0.3 is 0 Å². The number of amides is 2. The standard InChI is InChI=1S/C20H14F2N2O3/c21-13-3-10-17(18(22)11-13)20(27)24-15-6-4-14(5-7-15)23-19(26)12-1-8-16(25)9-2-12/h1-11,25H,(H,23,26)(H,24,27). The Labute approximate surface area is 153 Å². The number of carbonyl (C=O) groups excluding carboxylic acids is 2. The molecule has 3 N–H and O–H groups in total. The second-order valence-corrected chi connectivity index (χ2v) is 5.66. The van der Waals surface area contributed by atoms with Crippen LogP contribution in [0.2, 0.25) is 0 Å². The summed E-state index contributed by atoms with van der Waals surface area (Å²) in [6.45, 7) is 0. The first-order valence-electron chi connectivity index (χ1n) is 7.89. The van der Waals surface area contributed by atoms with Gasteiger partial charge in [0, 0.05) is 23.0 Å². The van der Waals surface area contributed by atoms with Crippen molar-refractivity contribution in [3.05, 3.63) is 89.5 Å². The Balaban J connectivity index is 1.65. The summed E-state index contributed by atoms with van der Waals surface area (Å²) >= 11 is 0. The highest BCUT2D eigenvalue weighted by atomic mass is 19.1. The van der Waals surface area contributed by atoms with Gasteiger partial charge in [0.1, 0.15) is 17.4 Å². The van der Waals surface area contributed by atoms with E-state index in [1.165, 1.54) is 36.4 Å². The minimum atomic E-state index is -0.953. The van der Waals surface area contributed by atoms with Crippen LogP contribution in [-0.2, 0) is 0 Å². The van der Waals surface area contributed by atoms with Crippen LogP contribution in [0.1, 0.15) is 20.7 Å². The van der Waals surface area contributed by atoms with Crippen LogP contribution in [0, 0.1) is 11.6 Å². The predicted molar refractivity (Wildman–Crippen MR) is 96.8 cm³/mol. The fourth-order valence-electron chi connectivity index (χ4n) is 2.33. The van der Waals surface area contributed by atoms with E-state index in [1.807, 2.05) is 0 Å². The molecule has 7 heteroatoms. The summed E-state index contributed by atoms with van der Waals surface area (Å²) in [6, 6.07) is 14.7. The first-order chi connectivity index (χ1) is 12.9. The van der Waals surface area contributed by atoms with Crippen LogP contribution in [0.15, 0.2) is 66.7 Å². The molecule has 0 saturated carbocycles. The summed E-state index contributed by atoms with van der Waals surface area (Å²) in [7, 11) is 0. The molecule has 136 valence electrons. The monoisotopic (exact) mass is 368 g/mol. The molecule has 3 aromatic rings. The molecule has 0 spiro atoms. The van der Waals surface area contributed by atoms with Crippen molar-refractivity contribution >= 4 is 23.2 Å². The molecular formula is C20H14F2N2O3. The van der Waals surface area contributed by atoms with Crippen molar-refractivity contribution < 1.29 is 23.5 Å². The van der Waals surface area contributed by atoms with Crippen molar-refractivity contribution in [1.82, 2.24) is 0 Å². The molecule has 3 rings (SSSR count). The van der Waals surface area contributed by atoms with E-state index in [2.05, 4.69) is 10.6 Å². The minimum Gasteiger partial charge on any atom is -0.508 e. The van der Waals surface area contributed by atoms with E-state index in [4.69, 9.17) is 0 Å².